The van der Waals surface area contributed by atoms with Gasteiger partial charge in [0.15, 0.2) is 5.95 Å². The Bertz CT molecular complexity index is 467. The van der Waals surface area contributed by atoms with Gasteiger partial charge in [-0.1, -0.05) is 11.6 Å². The summed E-state index contributed by atoms with van der Waals surface area (Å²) in [5.74, 6) is -0.0633. The van der Waals surface area contributed by atoms with Crippen molar-refractivity contribution >= 4 is 17.5 Å². The molecular weight excluding hydrogens is 205 g/mol. The number of hydrogen-bond acceptors (Lipinski definition) is 2. The zero-order chi connectivity index (χ0) is 10.1. The maximum Gasteiger partial charge on any atom is 0.197 e. The molecule has 1 heterocycles. The molecule has 14 heavy (non-hydrogen) atoms. The number of nitrogen functional groups attached to an aromatic ring is 1. The quantitative estimate of drug-likeness (QED) is 0.761. The number of hydrogen-bond donors (Lipinski definition) is 2. The van der Waals surface area contributed by atoms with Crippen LogP contribution in [0.3, 0.4) is 0 Å². The summed E-state index contributed by atoms with van der Waals surface area (Å²) in [5.41, 5.74) is 6.76. The van der Waals surface area contributed by atoms with Crippen LogP contribution in [-0.2, 0) is 0 Å². The molecule has 3 nitrogen and oxygen atoms in total. The van der Waals surface area contributed by atoms with Crippen LogP contribution in [0.1, 0.15) is 0 Å². The Hall–Kier alpha value is -1.55. The zero-order valence-electron chi connectivity index (χ0n) is 7.09. The highest BCUT2D eigenvalue weighted by Crippen LogP contribution is 2.27. The van der Waals surface area contributed by atoms with Crippen molar-refractivity contribution in [3.05, 3.63) is 35.2 Å². The summed E-state index contributed by atoms with van der Waals surface area (Å²) in [4.78, 5) is 6.64. The number of nitrogens with zero attached hydrogens (tertiary/aromatic N) is 1. The fourth-order valence-electron chi connectivity index (χ4n) is 1.18. The highest BCUT2D eigenvalue weighted by atomic mass is 35.5. The molecule has 0 spiro atoms. The summed E-state index contributed by atoms with van der Waals surface area (Å²) in [6, 6.07) is 4.15. The summed E-state index contributed by atoms with van der Waals surface area (Å²) >= 11 is 5.84. The van der Waals surface area contributed by atoms with Crippen LogP contribution in [0.4, 0.5) is 10.3 Å². The number of nitrogens with one attached hydrogen (secondary N) is 1. The molecule has 0 unspecified atom stereocenters. The Balaban J connectivity index is 2.52. The zero-order valence-corrected chi connectivity index (χ0v) is 7.85. The van der Waals surface area contributed by atoms with Gasteiger partial charge in [-0.25, -0.2) is 9.37 Å². The third-order valence-corrected chi connectivity index (χ3v) is 2.13. The summed E-state index contributed by atoms with van der Waals surface area (Å²) in [7, 11) is 0. The molecule has 0 bridgehead atoms. The third-order valence-electron chi connectivity index (χ3n) is 1.82. The minimum atomic E-state index is -0.369. The third kappa shape index (κ3) is 1.56. The van der Waals surface area contributed by atoms with Crippen LogP contribution in [0, 0.1) is 5.82 Å². The van der Waals surface area contributed by atoms with Gasteiger partial charge in [0.2, 0.25) is 0 Å². The van der Waals surface area contributed by atoms with E-state index in [1.54, 1.807) is 12.3 Å². The largest absolute Gasteiger partial charge is 0.369 e. The van der Waals surface area contributed by atoms with Crippen LogP contribution < -0.4 is 5.73 Å². The second kappa shape index (κ2) is 3.31. The number of anilines is 1. The van der Waals surface area contributed by atoms with Crippen LogP contribution in [-0.4, -0.2) is 9.97 Å². The lowest BCUT2D eigenvalue weighted by Gasteiger charge is -2.00. The maximum atomic E-state index is 12.7. The molecule has 0 saturated carbocycles. The van der Waals surface area contributed by atoms with E-state index in [4.69, 9.17) is 17.3 Å². The van der Waals surface area contributed by atoms with Gasteiger partial charge in [0.25, 0.3) is 0 Å². The van der Waals surface area contributed by atoms with E-state index in [9.17, 15) is 4.39 Å². The van der Waals surface area contributed by atoms with Gasteiger partial charge in [0.05, 0.1) is 16.9 Å². The first-order valence-corrected chi connectivity index (χ1v) is 4.30. The standard InChI is InChI=1S/C9H7ClFN3/c10-7-3-5(11)1-2-6(7)8-4-13-9(12)14-8/h1-4H,(H3,12,13,14). The second-order valence-electron chi connectivity index (χ2n) is 2.81. The van der Waals surface area contributed by atoms with Gasteiger partial charge in [0.1, 0.15) is 5.82 Å². The van der Waals surface area contributed by atoms with Crippen molar-refractivity contribution < 1.29 is 4.39 Å². The molecule has 2 rings (SSSR count). The van der Waals surface area contributed by atoms with Crippen molar-refractivity contribution in [1.29, 1.82) is 0 Å². The SMILES string of the molecule is Nc1ncc(-c2ccc(F)cc2Cl)[nH]1. The number of nitrogens with two attached hydrogens (primary N) is 1. The average molecular weight is 212 g/mol. The van der Waals surface area contributed by atoms with Gasteiger partial charge in [-0.3, -0.25) is 0 Å². The lowest BCUT2D eigenvalue weighted by molar-refractivity contribution is 0.628. The molecule has 0 amide bonds. The number of aromatic nitrogens is 2. The molecule has 2 aromatic rings. The van der Waals surface area contributed by atoms with Crippen molar-refractivity contribution in [2.45, 2.75) is 0 Å². The number of aromatic amines is 1. The molecule has 72 valence electrons. The van der Waals surface area contributed by atoms with Crippen LogP contribution in [0.2, 0.25) is 5.02 Å². The van der Waals surface area contributed by atoms with E-state index in [0.29, 0.717) is 22.2 Å². The number of halogens is 2. The molecule has 0 radical (unpaired) electrons. The second-order valence-corrected chi connectivity index (χ2v) is 3.21. The van der Waals surface area contributed by atoms with E-state index in [2.05, 4.69) is 9.97 Å². The molecule has 5 heteroatoms. The highest BCUT2D eigenvalue weighted by molar-refractivity contribution is 6.33. The predicted molar refractivity (Wildman–Crippen MR) is 53.4 cm³/mol. The maximum absolute atomic E-state index is 12.7. The highest BCUT2D eigenvalue weighted by Gasteiger charge is 2.06. The average Bonchev–Trinajstić information content (AvgIpc) is 2.51. The van der Waals surface area contributed by atoms with E-state index in [1.165, 1.54) is 12.1 Å². The molecule has 0 aliphatic carbocycles. The van der Waals surface area contributed by atoms with Gasteiger partial charge in [-0.2, -0.15) is 0 Å². The summed E-state index contributed by atoms with van der Waals surface area (Å²) in [6.45, 7) is 0. The summed E-state index contributed by atoms with van der Waals surface area (Å²) in [6.07, 6.45) is 1.55. The van der Waals surface area contributed by atoms with Crippen molar-refractivity contribution in [2.24, 2.45) is 0 Å². The predicted octanol–water partition coefficient (Wildman–Crippen LogP) is 2.45. The molecule has 0 aliphatic heterocycles. The van der Waals surface area contributed by atoms with Gasteiger partial charge in [0, 0.05) is 5.56 Å². The first-order chi connectivity index (χ1) is 6.66. The van der Waals surface area contributed by atoms with Crippen LogP contribution in [0.15, 0.2) is 24.4 Å². The number of H-pyrrole nitrogens is 1. The molecule has 1 aromatic heterocycles. The topological polar surface area (TPSA) is 54.7 Å². The van der Waals surface area contributed by atoms with Crippen molar-refractivity contribution in [3.63, 3.8) is 0 Å². The van der Waals surface area contributed by atoms with Crippen molar-refractivity contribution in [3.8, 4) is 11.3 Å². The molecule has 0 atom stereocenters. The molecule has 1 aromatic carbocycles. The first kappa shape index (κ1) is 9.02. The van der Waals surface area contributed by atoms with Gasteiger partial charge >= 0.3 is 0 Å². The van der Waals surface area contributed by atoms with Crippen LogP contribution >= 0.6 is 11.6 Å². The van der Waals surface area contributed by atoms with E-state index in [1.807, 2.05) is 0 Å². The first-order valence-electron chi connectivity index (χ1n) is 3.93. The van der Waals surface area contributed by atoms with E-state index in [0.717, 1.165) is 0 Å². The number of imidazole rings is 1. The van der Waals surface area contributed by atoms with Crippen molar-refractivity contribution in [1.82, 2.24) is 9.97 Å². The molecule has 0 aliphatic rings. The molecule has 0 saturated heterocycles. The van der Waals surface area contributed by atoms with Gasteiger partial charge in [-0.05, 0) is 18.2 Å². The Labute approximate surface area is 84.7 Å². The number of benzene rings is 1. The molecule has 0 fully saturated rings. The van der Waals surface area contributed by atoms with Crippen molar-refractivity contribution in [2.75, 3.05) is 5.73 Å². The smallest absolute Gasteiger partial charge is 0.197 e. The number of rotatable bonds is 1. The molecular formula is C9H7ClFN3. The minimum absolute atomic E-state index is 0.306. The van der Waals surface area contributed by atoms with Gasteiger partial charge < -0.3 is 10.7 Å². The minimum Gasteiger partial charge on any atom is -0.369 e. The molecule has 3 N–H and O–H groups in total. The van der Waals surface area contributed by atoms with Gasteiger partial charge in [-0.15, -0.1) is 0 Å². The lowest BCUT2D eigenvalue weighted by atomic mass is 10.2. The van der Waals surface area contributed by atoms with E-state index < -0.39 is 0 Å². The fourth-order valence-corrected chi connectivity index (χ4v) is 1.45. The van der Waals surface area contributed by atoms with Crippen LogP contribution in [0.25, 0.3) is 11.3 Å². The summed E-state index contributed by atoms with van der Waals surface area (Å²) in [5, 5.41) is 0.327. The van der Waals surface area contributed by atoms with E-state index >= 15 is 0 Å². The monoisotopic (exact) mass is 211 g/mol. The lowest BCUT2D eigenvalue weighted by Crippen LogP contribution is -1.86. The summed E-state index contributed by atoms with van der Waals surface area (Å²) < 4.78 is 12.7. The Morgan fingerprint density at radius 3 is 2.79 bits per heavy atom. The van der Waals surface area contributed by atoms with Crippen LogP contribution in [0.5, 0.6) is 0 Å². The Morgan fingerprint density at radius 2 is 2.21 bits per heavy atom. The Kier molecular flexibility index (Phi) is 2.13. The Morgan fingerprint density at radius 1 is 1.43 bits per heavy atom. The normalized spacial score (nSPS) is 10.4. The fraction of sp³-hybridized carbons (Fsp3) is 0. The van der Waals surface area contributed by atoms with E-state index in [-0.39, 0.29) is 5.82 Å².